The number of aryl methyl sites for hydroxylation is 2. The van der Waals surface area contributed by atoms with Gasteiger partial charge in [-0.1, -0.05) is 71.7 Å². The van der Waals surface area contributed by atoms with Gasteiger partial charge in [-0.15, -0.1) is 0 Å². The molecule has 0 radical (unpaired) electrons. The topological polar surface area (TPSA) is 0 Å². The average Bonchev–Trinajstić information content (AvgIpc) is 2.34. The van der Waals surface area contributed by atoms with Gasteiger partial charge in [0.2, 0.25) is 0 Å². The molecule has 0 N–H and O–H groups in total. The van der Waals surface area contributed by atoms with Crippen LogP contribution in [0.2, 0.25) is 0 Å². The second kappa shape index (κ2) is 5.60. The van der Waals surface area contributed by atoms with E-state index in [2.05, 4.69) is 26.0 Å². The summed E-state index contributed by atoms with van der Waals surface area (Å²) in [4.78, 5) is 0. The van der Waals surface area contributed by atoms with Crippen molar-refractivity contribution in [2.75, 3.05) is 0 Å². The third-order valence-electron chi connectivity index (χ3n) is 3.02. The van der Waals surface area contributed by atoms with E-state index in [0.717, 1.165) is 27.8 Å². The van der Waals surface area contributed by atoms with Gasteiger partial charge in [0.1, 0.15) is 4.49 Å². The van der Waals surface area contributed by atoms with Gasteiger partial charge >= 0.3 is 0 Å². The second-order valence-electron chi connectivity index (χ2n) is 4.27. The monoisotopic (exact) mass is 276 g/mol. The number of hydrogen-bond donors (Lipinski definition) is 0. The van der Waals surface area contributed by atoms with Crippen LogP contribution in [0.15, 0.2) is 53.0 Å². The molecule has 0 aliphatic rings. The largest absolute Gasteiger partial charge is 0.115 e. The Labute approximate surface area is 118 Å². The highest BCUT2D eigenvalue weighted by Gasteiger charge is 2.13. The fraction of sp³-hybridized carbons (Fsp3) is 0.125. The number of benzene rings is 2. The van der Waals surface area contributed by atoms with Gasteiger partial charge in [0.25, 0.3) is 0 Å². The molecule has 0 unspecified atom stereocenters. The van der Waals surface area contributed by atoms with Crippen molar-refractivity contribution in [3.8, 4) is 0 Å². The van der Waals surface area contributed by atoms with E-state index in [0.29, 0.717) is 4.49 Å². The number of hydrogen-bond acceptors (Lipinski definition) is 0. The molecule has 0 saturated heterocycles. The summed E-state index contributed by atoms with van der Waals surface area (Å²) >= 11 is 12.2. The van der Waals surface area contributed by atoms with E-state index in [4.69, 9.17) is 23.2 Å². The molecule has 2 aromatic carbocycles. The Kier molecular flexibility index (Phi) is 4.11. The summed E-state index contributed by atoms with van der Waals surface area (Å²) in [6.45, 7) is 4.12. The van der Waals surface area contributed by atoms with Gasteiger partial charge in [0, 0.05) is 5.57 Å². The van der Waals surface area contributed by atoms with E-state index in [1.807, 2.05) is 36.4 Å². The molecule has 0 atom stereocenters. The molecule has 2 heteroatoms. The molecule has 0 saturated carbocycles. The van der Waals surface area contributed by atoms with Crippen LogP contribution in [-0.4, -0.2) is 0 Å². The number of halogens is 2. The molecule has 0 nitrogen and oxygen atoms in total. The van der Waals surface area contributed by atoms with Gasteiger partial charge < -0.3 is 0 Å². The van der Waals surface area contributed by atoms with Crippen LogP contribution >= 0.6 is 23.2 Å². The highest BCUT2D eigenvalue weighted by molar-refractivity contribution is 6.59. The average molecular weight is 277 g/mol. The fourth-order valence-corrected chi connectivity index (χ4v) is 2.46. The maximum absolute atomic E-state index is 6.10. The van der Waals surface area contributed by atoms with E-state index < -0.39 is 0 Å². The zero-order valence-electron chi connectivity index (χ0n) is 10.4. The van der Waals surface area contributed by atoms with Crippen molar-refractivity contribution in [1.29, 1.82) is 0 Å². The molecule has 2 aromatic rings. The smallest absolute Gasteiger partial charge is 0.0702 e. The van der Waals surface area contributed by atoms with Crippen LogP contribution in [-0.2, 0) is 0 Å². The molecule has 0 spiro atoms. The van der Waals surface area contributed by atoms with Gasteiger partial charge in [0.15, 0.2) is 0 Å². The third kappa shape index (κ3) is 2.60. The lowest BCUT2D eigenvalue weighted by atomic mass is 9.93. The van der Waals surface area contributed by atoms with Crippen LogP contribution in [0, 0.1) is 13.8 Å². The maximum atomic E-state index is 6.10. The Morgan fingerprint density at radius 1 is 0.722 bits per heavy atom. The zero-order valence-corrected chi connectivity index (χ0v) is 11.9. The van der Waals surface area contributed by atoms with Crippen LogP contribution in [0.5, 0.6) is 0 Å². The van der Waals surface area contributed by atoms with Gasteiger partial charge in [-0.25, -0.2) is 0 Å². The van der Waals surface area contributed by atoms with E-state index in [9.17, 15) is 0 Å². The molecule has 0 heterocycles. The Balaban J connectivity index is 2.68. The molecular weight excluding hydrogens is 263 g/mol. The van der Waals surface area contributed by atoms with Crippen LogP contribution in [0.3, 0.4) is 0 Å². The Bertz CT molecular complexity index is 546. The molecule has 0 aliphatic carbocycles. The number of rotatable bonds is 2. The van der Waals surface area contributed by atoms with Crippen molar-refractivity contribution in [3.63, 3.8) is 0 Å². The first-order chi connectivity index (χ1) is 8.61. The van der Waals surface area contributed by atoms with Crippen LogP contribution in [0.25, 0.3) is 5.57 Å². The van der Waals surface area contributed by atoms with Gasteiger partial charge in [0.05, 0.1) is 0 Å². The molecule has 0 aromatic heterocycles. The van der Waals surface area contributed by atoms with E-state index >= 15 is 0 Å². The molecular formula is C16H14Cl2. The van der Waals surface area contributed by atoms with Crippen LogP contribution < -0.4 is 0 Å². The van der Waals surface area contributed by atoms with Crippen molar-refractivity contribution < 1.29 is 0 Å². The van der Waals surface area contributed by atoms with E-state index in [1.54, 1.807) is 0 Å². The van der Waals surface area contributed by atoms with Gasteiger partial charge in [-0.2, -0.15) is 0 Å². The van der Waals surface area contributed by atoms with Crippen molar-refractivity contribution in [2.45, 2.75) is 13.8 Å². The van der Waals surface area contributed by atoms with E-state index in [-0.39, 0.29) is 0 Å². The Morgan fingerprint density at radius 2 is 1.11 bits per heavy atom. The molecule has 18 heavy (non-hydrogen) atoms. The van der Waals surface area contributed by atoms with Crippen LogP contribution in [0.1, 0.15) is 22.3 Å². The molecule has 0 bridgehead atoms. The molecule has 2 rings (SSSR count). The molecule has 0 aliphatic heterocycles. The SMILES string of the molecule is Cc1ccccc1C(=C(Cl)Cl)c1ccccc1C. The Morgan fingerprint density at radius 3 is 1.44 bits per heavy atom. The summed E-state index contributed by atoms with van der Waals surface area (Å²) in [5, 5.41) is 0. The minimum absolute atomic E-state index is 0.304. The fourth-order valence-electron chi connectivity index (χ4n) is 2.06. The Hall–Kier alpha value is -1.24. The molecule has 92 valence electrons. The lowest BCUT2D eigenvalue weighted by molar-refractivity contribution is 1.38. The summed E-state index contributed by atoms with van der Waals surface area (Å²) in [5.74, 6) is 0. The van der Waals surface area contributed by atoms with E-state index in [1.165, 1.54) is 0 Å². The highest BCUT2D eigenvalue weighted by Crippen LogP contribution is 2.34. The molecule has 0 fully saturated rings. The summed E-state index contributed by atoms with van der Waals surface area (Å²) in [6.07, 6.45) is 0. The van der Waals surface area contributed by atoms with Crippen molar-refractivity contribution >= 4 is 28.8 Å². The standard InChI is InChI=1S/C16H14Cl2/c1-11-7-3-5-9-13(11)15(16(17)18)14-10-6-4-8-12(14)2/h3-10H,1-2H3. The minimum atomic E-state index is 0.304. The quantitative estimate of drug-likeness (QED) is 0.680. The zero-order chi connectivity index (χ0) is 13.1. The summed E-state index contributed by atoms with van der Waals surface area (Å²) in [6, 6.07) is 16.2. The summed E-state index contributed by atoms with van der Waals surface area (Å²) in [5.41, 5.74) is 5.37. The highest BCUT2D eigenvalue weighted by atomic mass is 35.5. The lowest BCUT2D eigenvalue weighted by Gasteiger charge is -2.13. The summed E-state index contributed by atoms with van der Waals surface area (Å²) in [7, 11) is 0. The lowest BCUT2D eigenvalue weighted by Crippen LogP contribution is -1.94. The second-order valence-corrected chi connectivity index (χ2v) is 5.21. The maximum Gasteiger partial charge on any atom is 0.115 e. The normalized spacial score (nSPS) is 10.2. The van der Waals surface area contributed by atoms with Crippen molar-refractivity contribution in [3.05, 3.63) is 75.3 Å². The first-order valence-electron chi connectivity index (χ1n) is 5.78. The van der Waals surface area contributed by atoms with Gasteiger partial charge in [-0.3, -0.25) is 0 Å². The van der Waals surface area contributed by atoms with Crippen LogP contribution in [0.4, 0.5) is 0 Å². The minimum Gasteiger partial charge on any atom is -0.0702 e. The molecule has 0 amide bonds. The van der Waals surface area contributed by atoms with Crippen molar-refractivity contribution in [1.82, 2.24) is 0 Å². The predicted molar refractivity (Wildman–Crippen MR) is 80.1 cm³/mol. The van der Waals surface area contributed by atoms with Crippen molar-refractivity contribution in [2.24, 2.45) is 0 Å². The predicted octanol–water partition coefficient (Wildman–Crippen LogP) is 5.50. The summed E-state index contributed by atoms with van der Waals surface area (Å²) < 4.78 is 0.304. The first-order valence-corrected chi connectivity index (χ1v) is 6.54. The first kappa shape index (κ1) is 13.2. The van der Waals surface area contributed by atoms with Gasteiger partial charge in [-0.05, 0) is 36.1 Å². The third-order valence-corrected chi connectivity index (χ3v) is 3.40.